The fraction of sp³-hybridized carbons (Fsp3) is 0.211. The summed E-state index contributed by atoms with van der Waals surface area (Å²) in [6.07, 6.45) is 0. The second kappa shape index (κ2) is 5.98. The largest absolute Gasteiger partial charge is 0.311 e. The van der Waals surface area contributed by atoms with Crippen molar-refractivity contribution in [3.63, 3.8) is 0 Å². The first-order valence-corrected chi connectivity index (χ1v) is 10.2. The van der Waals surface area contributed by atoms with Crippen LogP contribution in [-0.4, -0.2) is 19.7 Å². The lowest BCUT2D eigenvalue weighted by Crippen LogP contribution is -2.31. The highest BCUT2D eigenvalue weighted by molar-refractivity contribution is 14.1. The number of fused-ring (bicyclic) bond motifs is 1. The Balaban J connectivity index is 2.01. The van der Waals surface area contributed by atoms with E-state index in [-0.39, 0.29) is 5.54 Å². The summed E-state index contributed by atoms with van der Waals surface area (Å²) in [5, 5.41) is 1.14. The molecule has 23 heavy (non-hydrogen) atoms. The zero-order valence-corrected chi connectivity index (χ0v) is 15.8. The van der Waals surface area contributed by atoms with Gasteiger partial charge < -0.3 is 4.57 Å². The smallest absolute Gasteiger partial charge is 0.169 e. The molecule has 0 fully saturated rings. The first-order chi connectivity index (χ1) is 11.2. The Labute approximate surface area is 154 Å². The highest BCUT2D eigenvalue weighted by Gasteiger charge is 2.38. The van der Waals surface area contributed by atoms with Crippen LogP contribution in [0.3, 0.4) is 0 Å². The molecule has 3 aromatic rings. The van der Waals surface area contributed by atoms with E-state index in [1.54, 1.807) is 0 Å². The maximum Gasteiger partial charge on any atom is 0.169 e. The second-order valence-electron chi connectivity index (χ2n) is 6.08. The predicted octanol–water partition coefficient (Wildman–Crippen LogP) is 5.47. The zero-order valence-electron chi connectivity index (χ0n) is 12.9. The van der Waals surface area contributed by atoms with Crippen molar-refractivity contribution in [1.82, 2.24) is 9.55 Å². The van der Waals surface area contributed by atoms with E-state index in [1.807, 2.05) is 11.8 Å². The van der Waals surface area contributed by atoms with Gasteiger partial charge in [0.15, 0.2) is 5.16 Å². The lowest BCUT2D eigenvalue weighted by Gasteiger charge is -2.26. The molecule has 1 aromatic heterocycles. The normalized spacial score (nSPS) is 19.7. The molecule has 0 saturated heterocycles. The van der Waals surface area contributed by atoms with Gasteiger partial charge in [-0.25, -0.2) is 4.98 Å². The van der Waals surface area contributed by atoms with E-state index in [1.165, 1.54) is 16.8 Å². The van der Waals surface area contributed by atoms with Gasteiger partial charge in [0.25, 0.3) is 0 Å². The summed E-state index contributed by atoms with van der Waals surface area (Å²) in [5.74, 6) is 1.09. The van der Waals surface area contributed by atoms with Crippen molar-refractivity contribution >= 4 is 34.4 Å². The number of thioether (sulfide) groups is 1. The van der Waals surface area contributed by atoms with Crippen LogP contribution < -0.4 is 0 Å². The molecule has 2 nitrogen and oxygen atoms in total. The summed E-state index contributed by atoms with van der Waals surface area (Å²) in [6, 6.07) is 21.2. The van der Waals surface area contributed by atoms with Crippen LogP contribution in [0.25, 0.3) is 22.5 Å². The van der Waals surface area contributed by atoms with Gasteiger partial charge in [-0.05, 0) is 6.92 Å². The van der Waals surface area contributed by atoms with Gasteiger partial charge in [-0.15, -0.1) is 0 Å². The highest BCUT2D eigenvalue weighted by atomic mass is 127. The summed E-state index contributed by atoms with van der Waals surface area (Å²) in [5.41, 5.74) is 4.88. The minimum Gasteiger partial charge on any atom is -0.311 e. The van der Waals surface area contributed by atoms with Gasteiger partial charge in [-0.1, -0.05) is 95.0 Å². The molecular formula is C19H17IN2S. The Morgan fingerprint density at radius 2 is 1.65 bits per heavy atom. The van der Waals surface area contributed by atoms with Gasteiger partial charge in [0.2, 0.25) is 0 Å². The number of rotatable bonds is 3. The molecule has 4 heteroatoms. The standard InChI is InChI=1S/C19H17IN2S/c1-19(12-20)13-23-18-21-16(14-8-4-2-5-9-14)17(22(18)19)15-10-6-3-7-11-15/h2-11H,12-13H2,1H3. The van der Waals surface area contributed by atoms with Crippen LogP contribution in [0.5, 0.6) is 0 Å². The van der Waals surface area contributed by atoms with E-state index in [0.717, 1.165) is 21.0 Å². The van der Waals surface area contributed by atoms with Crippen LogP contribution in [0.15, 0.2) is 65.8 Å². The fourth-order valence-corrected chi connectivity index (χ4v) is 5.28. The van der Waals surface area contributed by atoms with Crippen LogP contribution in [0.1, 0.15) is 6.92 Å². The number of alkyl halides is 1. The minimum absolute atomic E-state index is 0.117. The number of halogens is 1. The molecule has 1 atom stereocenters. The number of benzene rings is 2. The van der Waals surface area contributed by atoms with E-state index < -0.39 is 0 Å². The monoisotopic (exact) mass is 432 g/mol. The van der Waals surface area contributed by atoms with Crippen LogP contribution in [0, 0.1) is 0 Å². The molecule has 116 valence electrons. The van der Waals surface area contributed by atoms with E-state index in [0.29, 0.717) is 0 Å². The fourth-order valence-electron chi connectivity index (χ4n) is 3.04. The molecule has 0 N–H and O–H groups in total. The maximum atomic E-state index is 5.00. The molecule has 0 aliphatic carbocycles. The van der Waals surface area contributed by atoms with Crippen LogP contribution in [0.4, 0.5) is 0 Å². The van der Waals surface area contributed by atoms with Gasteiger partial charge in [-0.2, -0.15) is 0 Å². The van der Waals surface area contributed by atoms with Crippen LogP contribution in [0.2, 0.25) is 0 Å². The average molecular weight is 432 g/mol. The summed E-state index contributed by atoms with van der Waals surface area (Å²) < 4.78 is 3.54. The zero-order chi connectivity index (χ0) is 15.9. The SMILES string of the molecule is CC1(CI)CSc2nc(-c3ccccc3)c(-c3ccccc3)n21. The lowest BCUT2D eigenvalue weighted by atomic mass is 10.0. The first-order valence-electron chi connectivity index (χ1n) is 7.66. The molecule has 2 aromatic carbocycles. The minimum atomic E-state index is 0.117. The molecule has 0 bridgehead atoms. The van der Waals surface area contributed by atoms with Crippen molar-refractivity contribution in [3.8, 4) is 22.5 Å². The van der Waals surface area contributed by atoms with Crippen LogP contribution >= 0.6 is 34.4 Å². The third-order valence-electron chi connectivity index (χ3n) is 4.28. The van der Waals surface area contributed by atoms with Gasteiger partial charge in [0.1, 0.15) is 0 Å². The van der Waals surface area contributed by atoms with E-state index >= 15 is 0 Å². The van der Waals surface area contributed by atoms with E-state index in [9.17, 15) is 0 Å². The number of nitrogens with zero attached hydrogens (tertiary/aromatic N) is 2. The summed E-state index contributed by atoms with van der Waals surface area (Å²) in [6.45, 7) is 2.34. The molecule has 2 heterocycles. The molecule has 0 saturated carbocycles. The summed E-state index contributed by atoms with van der Waals surface area (Å²) in [7, 11) is 0. The number of aromatic nitrogens is 2. The van der Waals surface area contributed by atoms with Gasteiger partial charge in [0, 0.05) is 21.3 Å². The maximum absolute atomic E-state index is 5.00. The Kier molecular flexibility index (Phi) is 3.97. The molecule has 0 radical (unpaired) electrons. The van der Waals surface area contributed by atoms with Crippen molar-refractivity contribution < 1.29 is 0 Å². The van der Waals surface area contributed by atoms with Crippen molar-refractivity contribution in [2.75, 3.05) is 10.2 Å². The van der Waals surface area contributed by atoms with Crippen molar-refractivity contribution in [3.05, 3.63) is 60.7 Å². The average Bonchev–Trinajstić information content (AvgIpc) is 3.15. The Bertz CT molecular complexity index is 829. The van der Waals surface area contributed by atoms with Gasteiger partial charge in [0.05, 0.1) is 16.9 Å². The lowest BCUT2D eigenvalue weighted by molar-refractivity contribution is 0.414. The molecular weight excluding hydrogens is 415 g/mol. The van der Waals surface area contributed by atoms with Crippen LogP contribution in [-0.2, 0) is 5.54 Å². The summed E-state index contributed by atoms with van der Waals surface area (Å²) in [4.78, 5) is 5.00. The van der Waals surface area contributed by atoms with Gasteiger partial charge in [-0.3, -0.25) is 0 Å². The number of hydrogen-bond acceptors (Lipinski definition) is 2. The highest BCUT2D eigenvalue weighted by Crippen LogP contribution is 2.46. The van der Waals surface area contributed by atoms with Gasteiger partial charge >= 0.3 is 0 Å². The third kappa shape index (κ3) is 2.52. The molecule has 4 rings (SSSR count). The third-order valence-corrected chi connectivity index (χ3v) is 7.22. The second-order valence-corrected chi connectivity index (χ2v) is 7.78. The predicted molar refractivity (Wildman–Crippen MR) is 106 cm³/mol. The number of imidazole rings is 1. The van der Waals surface area contributed by atoms with Crippen molar-refractivity contribution in [2.45, 2.75) is 17.6 Å². The van der Waals surface area contributed by atoms with E-state index in [4.69, 9.17) is 4.98 Å². The van der Waals surface area contributed by atoms with Crippen molar-refractivity contribution in [2.24, 2.45) is 0 Å². The Morgan fingerprint density at radius 1 is 1.04 bits per heavy atom. The summed E-state index contributed by atoms with van der Waals surface area (Å²) >= 11 is 4.37. The quantitative estimate of drug-likeness (QED) is 0.403. The molecule has 1 aliphatic heterocycles. The first kappa shape index (κ1) is 15.3. The molecule has 1 aliphatic rings. The number of hydrogen-bond donors (Lipinski definition) is 0. The Morgan fingerprint density at radius 3 is 2.26 bits per heavy atom. The topological polar surface area (TPSA) is 17.8 Å². The van der Waals surface area contributed by atoms with E-state index in [2.05, 4.69) is 94.7 Å². The molecule has 1 unspecified atom stereocenters. The molecule has 0 amide bonds. The molecule has 0 spiro atoms. The Hall–Kier alpha value is -1.27. The van der Waals surface area contributed by atoms with Crippen molar-refractivity contribution in [1.29, 1.82) is 0 Å².